The third-order valence-electron chi connectivity index (χ3n) is 8.31. The quantitative estimate of drug-likeness (QED) is 0.186. The zero-order chi connectivity index (χ0) is 33.6. The van der Waals surface area contributed by atoms with Crippen LogP contribution in [0, 0.1) is 5.92 Å². The number of fused-ring (bicyclic) bond motifs is 1. The Labute approximate surface area is 283 Å². The minimum Gasteiger partial charge on any atom is -0.491 e. The highest BCUT2D eigenvalue weighted by Gasteiger charge is 2.43. The second-order valence-electron chi connectivity index (χ2n) is 13.1. The van der Waals surface area contributed by atoms with Gasteiger partial charge in [-0.15, -0.1) is 0 Å². The van der Waals surface area contributed by atoms with E-state index < -0.39 is 23.5 Å². The number of carbonyl (C=O) groups excluding carboxylic acids is 1. The molecule has 47 heavy (non-hydrogen) atoms. The Morgan fingerprint density at radius 2 is 1.83 bits per heavy atom. The highest BCUT2D eigenvalue weighted by atomic mass is 79.9. The summed E-state index contributed by atoms with van der Waals surface area (Å²) in [7, 11) is 0. The Morgan fingerprint density at radius 3 is 2.55 bits per heavy atom. The molecule has 2 aliphatic heterocycles. The highest BCUT2D eigenvalue weighted by molar-refractivity contribution is 9.10. The summed E-state index contributed by atoms with van der Waals surface area (Å²) in [5.41, 5.74) is 0.698. The fourth-order valence-corrected chi connectivity index (χ4v) is 6.23. The number of unbranched alkanes of at least 4 members (excludes halogenated alkanes) is 2. The van der Waals surface area contributed by atoms with E-state index in [1.165, 1.54) is 17.3 Å². The van der Waals surface area contributed by atoms with Crippen molar-refractivity contribution in [3.05, 3.63) is 70.8 Å². The number of alkyl halides is 2. The number of nitrogens with one attached hydrogen (secondary N) is 1. The molecule has 12 heteroatoms. The molecule has 254 valence electrons. The number of nitrogens with zero attached hydrogens (tertiary/aromatic N) is 3. The molecule has 0 saturated carbocycles. The Hall–Kier alpha value is -3.67. The van der Waals surface area contributed by atoms with Crippen molar-refractivity contribution in [1.29, 1.82) is 0 Å². The number of anilines is 1. The molecule has 1 amide bonds. The number of aromatic nitrogens is 2. The first-order valence-corrected chi connectivity index (χ1v) is 17.0. The number of hydrogen-bond donors (Lipinski definition) is 1. The van der Waals surface area contributed by atoms with Crippen LogP contribution in [0.5, 0.6) is 5.75 Å². The van der Waals surface area contributed by atoms with Crippen LogP contribution in [0.3, 0.4) is 0 Å². The number of carbonyl (C=O) groups is 1. The number of piperidine rings is 1. The van der Waals surface area contributed by atoms with E-state index in [-0.39, 0.29) is 43.8 Å². The molecule has 0 radical (unpaired) electrons. The maximum absolute atomic E-state index is 15.8. The summed E-state index contributed by atoms with van der Waals surface area (Å²) in [5, 5.41) is 4.16. The van der Waals surface area contributed by atoms with E-state index in [1.54, 1.807) is 45.4 Å². The molecule has 1 N–H and O–H groups in total. The minimum atomic E-state index is -3.05. The van der Waals surface area contributed by atoms with Gasteiger partial charge in [-0.2, -0.15) is 0 Å². The van der Waals surface area contributed by atoms with Gasteiger partial charge in [0.15, 0.2) is 0 Å². The van der Waals surface area contributed by atoms with Gasteiger partial charge in [0.05, 0.1) is 6.61 Å². The lowest BCUT2D eigenvalue weighted by atomic mass is 9.85. The van der Waals surface area contributed by atoms with Crippen molar-refractivity contribution in [2.45, 2.75) is 90.1 Å². The topological polar surface area (TPSA) is 95.0 Å². The van der Waals surface area contributed by atoms with Crippen molar-refractivity contribution < 1.29 is 32.5 Å². The first kappa shape index (κ1) is 34.7. The molecule has 2 aliphatic rings. The monoisotopic (exact) mass is 716 g/mol. The van der Waals surface area contributed by atoms with Gasteiger partial charge < -0.3 is 29.2 Å². The first-order chi connectivity index (χ1) is 22.4. The molecule has 0 bridgehead atoms. The zero-order valence-electron chi connectivity index (χ0n) is 27.3. The van der Waals surface area contributed by atoms with E-state index in [2.05, 4.69) is 31.2 Å². The van der Waals surface area contributed by atoms with Crippen LogP contribution in [-0.2, 0) is 20.1 Å². The van der Waals surface area contributed by atoms with Gasteiger partial charge in [0.2, 0.25) is 6.29 Å². The van der Waals surface area contributed by atoms with E-state index >= 15 is 8.78 Å². The van der Waals surface area contributed by atoms with Gasteiger partial charge in [0.1, 0.15) is 41.5 Å². The van der Waals surface area contributed by atoms with Crippen LogP contribution < -0.4 is 10.1 Å². The predicted octanol–water partition coefficient (Wildman–Crippen LogP) is 9.09. The number of ether oxygens (including phenoxy) is 4. The molecule has 2 aromatic carbocycles. The average Bonchev–Trinajstić information content (AvgIpc) is 3.56. The van der Waals surface area contributed by atoms with Crippen molar-refractivity contribution in [3.63, 3.8) is 0 Å². The molecule has 0 unspecified atom stereocenters. The van der Waals surface area contributed by atoms with Gasteiger partial charge in [0, 0.05) is 46.9 Å². The number of amides is 1. The van der Waals surface area contributed by atoms with E-state index in [1.807, 2.05) is 25.1 Å². The maximum Gasteiger partial charge on any atom is 0.410 e. The lowest BCUT2D eigenvalue weighted by Gasteiger charge is -2.36. The molecule has 9 nitrogen and oxygen atoms in total. The van der Waals surface area contributed by atoms with Gasteiger partial charge in [-0.05, 0) is 83.6 Å². The third-order valence-corrected chi connectivity index (χ3v) is 8.77. The second-order valence-corrected chi connectivity index (χ2v) is 14.0. The van der Waals surface area contributed by atoms with E-state index in [4.69, 9.17) is 18.9 Å². The van der Waals surface area contributed by atoms with Gasteiger partial charge in [-0.3, -0.25) is 0 Å². The van der Waals surface area contributed by atoms with Gasteiger partial charge in [-0.25, -0.2) is 23.5 Å². The molecular weight excluding hydrogens is 674 g/mol. The van der Waals surface area contributed by atoms with Crippen LogP contribution in [0.15, 0.2) is 59.7 Å². The average molecular weight is 718 g/mol. The van der Waals surface area contributed by atoms with Crippen molar-refractivity contribution >= 4 is 38.7 Å². The van der Waals surface area contributed by atoms with Gasteiger partial charge in [0.25, 0.3) is 5.92 Å². The molecule has 3 aromatic rings. The van der Waals surface area contributed by atoms with Crippen LogP contribution in [0.25, 0.3) is 10.9 Å². The van der Waals surface area contributed by atoms with Crippen LogP contribution in [0.2, 0.25) is 0 Å². The summed E-state index contributed by atoms with van der Waals surface area (Å²) in [6.07, 6.45) is 7.96. The summed E-state index contributed by atoms with van der Waals surface area (Å²) >= 11 is 3.58. The molecule has 5 rings (SSSR count). The van der Waals surface area contributed by atoms with E-state index in [9.17, 15) is 4.79 Å². The molecule has 1 aromatic heterocycles. The summed E-state index contributed by atoms with van der Waals surface area (Å²) in [6, 6.07) is 10.0. The van der Waals surface area contributed by atoms with Crippen molar-refractivity contribution in [2.75, 3.05) is 25.0 Å². The van der Waals surface area contributed by atoms with Crippen LogP contribution >= 0.6 is 15.9 Å². The lowest BCUT2D eigenvalue weighted by Crippen LogP contribution is -2.44. The SMILES string of the molecule is C[C@@H](Nc1ncnc2c(OCCCCCC3OC=CO3)cc(Br)cc12)c1cccc(C(F)(F)C2CCN(C(=O)OC(C)(C)C)CC2)c1. The van der Waals surface area contributed by atoms with Crippen molar-refractivity contribution in [2.24, 2.45) is 5.92 Å². The number of likely N-dealkylation sites (tertiary alicyclic amines) is 1. The van der Waals surface area contributed by atoms with Gasteiger partial charge >= 0.3 is 6.09 Å². The normalized spacial score (nSPS) is 16.5. The molecule has 1 fully saturated rings. The standard InChI is InChI=1S/C35H43BrF2N4O5/c1-23(24-9-8-10-26(19-24)35(37,38)25-12-14-42(15-13-25)33(43)47-34(2,3)4)41-32-28-20-27(36)21-29(31(28)39-22-40-32)44-16-7-5-6-11-30-45-17-18-46-30/h8-10,17-23,25,30H,5-7,11-16H2,1-4H3,(H,39,40,41)/t23-/m1/s1. The number of halogens is 3. The molecule has 0 spiro atoms. The Balaban J connectivity index is 1.21. The Bertz CT molecular complexity index is 1550. The molecule has 1 saturated heterocycles. The largest absolute Gasteiger partial charge is 0.491 e. The third kappa shape index (κ3) is 9.03. The second kappa shape index (κ2) is 15.0. The van der Waals surface area contributed by atoms with Gasteiger partial charge in [-0.1, -0.05) is 34.1 Å². The molecule has 3 heterocycles. The molecule has 0 aliphatic carbocycles. The van der Waals surface area contributed by atoms with Crippen molar-refractivity contribution in [1.82, 2.24) is 14.9 Å². The van der Waals surface area contributed by atoms with Crippen LogP contribution in [-0.4, -0.2) is 52.5 Å². The maximum atomic E-state index is 15.8. The van der Waals surface area contributed by atoms with Crippen LogP contribution in [0.1, 0.15) is 83.4 Å². The molecular formula is C35H43BrF2N4O5. The minimum absolute atomic E-state index is 0.0368. The Kier molecular flexibility index (Phi) is 11.1. The fraction of sp³-hybridized carbons (Fsp3) is 0.514. The smallest absolute Gasteiger partial charge is 0.410 e. The highest BCUT2D eigenvalue weighted by Crippen LogP contribution is 2.42. The van der Waals surface area contributed by atoms with E-state index in [0.29, 0.717) is 29.3 Å². The summed E-state index contributed by atoms with van der Waals surface area (Å²) in [4.78, 5) is 22.9. The number of rotatable bonds is 12. The fourth-order valence-electron chi connectivity index (χ4n) is 5.80. The summed E-state index contributed by atoms with van der Waals surface area (Å²) < 4.78 is 54.7. The number of hydrogen-bond acceptors (Lipinski definition) is 8. The predicted molar refractivity (Wildman–Crippen MR) is 179 cm³/mol. The lowest BCUT2D eigenvalue weighted by molar-refractivity contribution is -0.0861. The number of benzene rings is 2. The molecule has 1 atom stereocenters. The first-order valence-electron chi connectivity index (χ1n) is 16.2. The zero-order valence-corrected chi connectivity index (χ0v) is 28.9. The van der Waals surface area contributed by atoms with Crippen molar-refractivity contribution in [3.8, 4) is 5.75 Å². The van der Waals surface area contributed by atoms with E-state index in [0.717, 1.165) is 35.5 Å². The summed E-state index contributed by atoms with van der Waals surface area (Å²) in [6.45, 7) is 8.28. The van der Waals surface area contributed by atoms with Crippen LogP contribution in [0.4, 0.5) is 19.4 Å². The Morgan fingerprint density at radius 1 is 1.09 bits per heavy atom. The summed E-state index contributed by atoms with van der Waals surface area (Å²) in [5.74, 6) is -2.72.